The molecular weight excluding hydrogens is 352 g/mol. The lowest BCUT2D eigenvalue weighted by molar-refractivity contribution is 0.100. The number of aromatic hydroxyl groups is 3. The molecule has 0 amide bonds. The van der Waals surface area contributed by atoms with Crippen LogP contribution in [0, 0.1) is 11.8 Å². The molecule has 3 rings (SSSR count). The van der Waals surface area contributed by atoms with E-state index >= 15 is 0 Å². The molecule has 5 N–H and O–H groups in total. The SMILES string of the molecule is COc1cc(C2c3c(cc(OC)c(O)c3O)CC(CO)C2CO)ccc1O. The number of phenolic OH excluding ortho intramolecular Hbond substituents is 3. The van der Waals surface area contributed by atoms with Gasteiger partial charge in [0.25, 0.3) is 0 Å². The maximum Gasteiger partial charge on any atom is 0.200 e. The summed E-state index contributed by atoms with van der Waals surface area (Å²) >= 11 is 0. The number of aliphatic hydroxyl groups excluding tert-OH is 2. The van der Waals surface area contributed by atoms with Gasteiger partial charge in [-0.3, -0.25) is 0 Å². The van der Waals surface area contributed by atoms with Gasteiger partial charge in [0.15, 0.2) is 23.0 Å². The highest BCUT2D eigenvalue weighted by molar-refractivity contribution is 5.62. The van der Waals surface area contributed by atoms with Crippen LogP contribution >= 0.6 is 0 Å². The first-order valence-corrected chi connectivity index (χ1v) is 8.67. The molecule has 27 heavy (non-hydrogen) atoms. The summed E-state index contributed by atoms with van der Waals surface area (Å²) in [5.41, 5.74) is 1.88. The van der Waals surface area contributed by atoms with Crippen molar-refractivity contribution in [3.8, 4) is 28.7 Å². The van der Waals surface area contributed by atoms with E-state index in [1.54, 1.807) is 18.2 Å². The monoisotopic (exact) mass is 376 g/mol. The van der Waals surface area contributed by atoms with Crippen LogP contribution < -0.4 is 9.47 Å². The molecule has 146 valence electrons. The maximum absolute atomic E-state index is 10.7. The van der Waals surface area contributed by atoms with Crippen molar-refractivity contribution in [1.29, 1.82) is 0 Å². The summed E-state index contributed by atoms with van der Waals surface area (Å²) < 4.78 is 10.3. The topological polar surface area (TPSA) is 120 Å². The van der Waals surface area contributed by atoms with Crippen LogP contribution in [0.15, 0.2) is 24.3 Å². The standard InChI is InChI=1S/C20H24O7/c1-26-15-6-10(3-4-14(15)23)17-13(9-22)12(8-21)5-11-7-16(27-2)19(24)20(25)18(11)17/h3-4,6-7,12-13,17,21-25H,5,8-9H2,1-2H3. The number of benzene rings is 2. The van der Waals surface area contributed by atoms with Crippen LogP contribution in [0.5, 0.6) is 28.7 Å². The summed E-state index contributed by atoms with van der Waals surface area (Å²) in [6.45, 7) is -0.356. The Morgan fingerprint density at radius 2 is 1.63 bits per heavy atom. The summed E-state index contributed by atoms with van der Waals surface area (Å²) in [5.74, 6) is -1.46. The molecule has 7 heteroatoms. The highest BCUT2D eigenvalue weighted by atomic mass is 16.5. The molecule has 0 heterocycles. The number of phenols is 3. The zero-order valence-corrected chi connectivity index (χ0v) is 15.2. The van der Waals surface area contributed by atoms with E-state index in [2.05, 4.69) is 0 Å². The van der Waals surface area contributed by atoms with E-state index in [1.807, 2.05) is 0 Å². The minimum atomic E-state index is -0.512. The Hall–Kier alpha value is -2.64. The number of fused-ring (bicyclic) bond motifs is 1. The minimum Gasteiger partial charge on any atom is -0.504 e. The third-order valence-electron chi connectivity index (χ3n) is 5.42. The van der Waals surface area contributed by atoms with E-state index in [9.17, 15) is 25.5 Å². The van der Waals surface area contributed by atoms with Gasteiger partial charge in [-0.2, -0.15) is 0 Å². The summed E-state index contributed by atoms with van der Waals surface area (Å²) in [7, 11) is 2.83. The third kappa shape index (κ3) is 3.13. The summed E-state index contributed by atoms with van der Waals surface area (Å²) in [6, 6.07) is 6.43. The first kappa shape index (κ1) is 19.1. The molecule has 0 bridgehead atoms. The predicted molar refractivity (Wildman–Crippen MR) is 97.7 cm³/mol. The van der Waals surface area contributed by atoms with E-state index in [0.29, 0.717) is 17.5 Å². The second-order valence-electron chi connectivity index (χ2n) is 6.75. The molecule has 3 unspecified atom stereocenters. The molecule has 1 aliphatic carbocycles. The van der Waals surface area contributed by atoms with E-state index in [-0.39, 0.29) is 47.9 Å². The first-order valence-electron chi connectivity index (χ1n) is 8.67. The van der Waals surface area contributed by atoms with Crippen LogP contribution in [0.25, 0.3) is 0 Å². The largest absolute Gasteiger partial charge is 0.504 e. The van der Waals surface area contributed by atoms with Crippen molar-refractivity contribution in [1.82, 2.24) is 0 Å². The van der Waals surface area contributed by atoms with E-state index in [0.717, 1.165) is 5.56 Å². The van der Waals surface area contributed by atoms with Crippen LogP contribution in [-0.2, 0) is 6.42 Å². The van der Waals surface area contributed by atoms with Crippen LogP contribution in [-0.4, -0.2) is 53.0 Å². The summed E-state index contributed by atoms with van der Waals surface area (Å²) in [5, 5.41) is 50.8. The molecule has 0 aromatic heterocycles. The van der Waals surface area contributed by atoms with E-state index in [1.165, 1.54) is 20.3 Å². The van der Waals surface area contributed by atoms with Gasteiger partial charge in [-0.25, -0.2) is 0 Å². The lowest BCUT2D eigenvalue weighted by atomic mass is 9.66. The Morgan fingerprint density at radius 3 is 2.22 bits per heavy atom. The molecule has 0 spiro atoms. The quantitative estimate of drug-likeness (QED) is 0.504. The fourth-order valence-electron chi connectivity index (χ4n) is 4.05. The van der Waals surface area contributed by atoms with Crippen LogP contribution in [0.4, 0.5) is 0 Å². The van der Waals surface area contributed by atoms with Crippen molar-refractivity contribution < 1.29 is 35.0 Å². The van der Waals surface area contributed by atoms with Crippen molar-refractivity contribution in [2.75, 3.05) is 27.4 Å². The molecule has 7 nitrogen and oxygen atoms in total. The Morgan fingerprint density at radius 1 is 0.926 bits per heavy atom. The van der Waals surface area contributed by atoms with Gasteiger partial charge in [0.1, 0.15) is 0 Å². The molecule has 0 saturated carbocycles. The second-order valence-corrected chi connectivity index (χ2v) is 6.75. The van der Waals surface area contributed by atoms with Gasteiger partial charge >= 0.3 is 0 Å². The summed E-state index contributed by atoms with van der Waals surface area (Å²) in [4.78, 5) is 0. The zero-order valence-electron chi connectivity index (χ0n) is 15.2. The van der Waals surface area contributed by atoms with Crippen molar-refractivity contribution in [2.24, 2.45) is 11.8 Å². The molecule has 1 aliphatic rings. The van der Waals surface area contributed by atoms with Crippen molar-refractivity contribution in [3.05, 3.63) is 41.0 Å². The predicted octanol–water partition coefficient (Wildman–Crippen LogP) is 1.73. The average Bonchev–Trinajstić information content (AvgIpc) is 2.69. The fraction of sp³-hybridized carbons (Fsp3) is 0.400. The van der Waals surface area contributed by atoms with E-state index < -0.39 is 11.8 Å². The Kier molecular flexibility index (Phi) is 5.34. The average molecular weight is 376 g/mol. The first-order chi connectivity index (χ1) is 13.0. The smallest absolute Gasteiger partial charge is 0.200 e. The van der Waals surface area contributed by atoms with Gasteiger partial charge in [0, 0.05) is 24.7 Å². The fourth-order valence-corrected chi connectivity index (χ4v) is 4.05. The summed E-state index contributed by atoms with van der Waals surface area (Å²) in [6.07, 6.45) is 0.424. The van der Waals surface area contributed by atoms with Crippen molar-refractivity contribution in [2.45, 2.75) is 12.3 Å². The molecule has 2 aromatic carbocycles. The van der Waals surface area contributed by atoms with Crippen molar-refractivity contribution >= 4 is 0 Å². The number of aliphatic hydroxyl groups is 2. The van der Waals surface area contributed by atoms with Crippen molar-refractivity contribution in [3.63, 3.8) is 0 Å². The van der Waals surface area contributed by atoms with Gasteiger partial charge < -0.3 is 35.0 Å². The molecule has 0 aliphatic heterocycles. The van der Waals surface area contributed by atoms with Gasteiger partial charge in [-0.05, 0) is 47.6 Å². The molecular formula is C20H24O7. The Bertz CT molecular complexity index is 834. The Balaban J connectivity index is 2.26. The van der Waals surface area contributed by atoms with E-state index in [4.69, 9.17) is 9.47 Å². The Labute approximate surface area is 157 Å². The number of ether oxygens (including phenoxy) is 2. The number of hydrogen-bond donors (Lipinski definition) is 5. The lowest BCUT2D eigenvalue weighted by Crippen LogP contribution is -2.35. The molecule has 2 aromatic rings. The number of hydrogen-bond acceptors (Lipinski definition) is 7. The minimum absolute atomic E-state index is 0.0293. The molecule has 0 radical (unpaired) electrons. The number of rotatable bonds is 5. The van der Waals surface area contributed by atoms with Gasteiger partial charge in [0.2, 0.25) is 5.75 Å². The lowest BCUT2D eigenvalue weighted by Gasteiger charge is -2.39. The van der Waals surface area contributed by atoms with Crippen LogP contribution in [0.2, 0.25) is 0 Å². The highest BCUT2D eigenvalue weighted by Crippen LogP contribution is 2.52. The maximum atomic E-state index is 10.7. The second kappa shape index (κ2) is 7.54. The normalized spacial score (nSPS) is 21.6. The third-order valence-corrected chi connectivity index (χ3v) is 5.42. The molecule has 3 atom stereocenters. The van der Waals surface area contributed by atoms with Gasteiger partial charge in [-0.1, -0.05) is 6.07 Å². The van der Waals surface area contributed by atoms with Crippen LogP contribution in [0.3, 0.4) is 0 Å². The number of methoxy groups -OCH3 is 2. The highest BCUT2D eigenvalue weighted by Gasteiger charge is 2.40. The van der Waals surface area contributed by atoms with Gasteiger partial charge in [-0.15, -0.1) is 0 Å². The zero-order chi connectivity index (χ0) is 19.7. The van der Waals surface area contributed by atoms with Crippen LogP contribution in [0.1, 0.15) is 22.6 Å². The van der Waals surface area contributed by atoms with Gasteiger partial charge in [0.05, 0.1) is 14.2 Å². The molecule has 0 saturated heterocycles. The molecule has 0 fully saturated rings.